The fraction of sp³-hybridized carbons (Fsp3) is 0.854. The van der Waals surface area contributed by atoms with Gasteiger partial charge in [-0.1, -0.05) is 142 Å². The van der Waals surface area contributed by atoms with E-state index in [1.54, 1.807) is 0 Å². The van der Waals surface area contributed by atoms with E-state index in [-0.39, 0.29) is 18.7 Å². The second-order valence-electron chi connectivity index (χ2n) is 13.2. The molecule has 0 bridgehead atoms. The van der Waals surface area contributed by atoms with Crippen LogP contribution in [0.4, 0.5) is 4.79 Å². The summed E-state index contributed by atoms with van der Waals surface area (Å²) in [6, 6.07) is 0. The molecule has 0 saturated heterocycles. The molecule has 0 amide bonds. The van der Waals surface area contributed by atoms with Crippen LogP contribution in [-0.2, 0) is 19.0 Å². The van der Waals surface area contributed by atoms with Crippen LogP contribution < -0.4 is 0 Å². The van der Waals surface area contributed by atoms with Crippen molar-refractivity contribution in [1.82, 2.24) is 4.90 Å². The van der Waals surface area contributed by atoms with Gasteiger partial charge in [0.2, 0.25) is 0 Å². The Morgan fingerprint density at radius 3 is 1.70 bits per heavy atom. The molecule has 1 atom stereocenters. The van der Waals surface area contributed by atoms with Gasteiger partial charge in [-0.2, -0.15) is 0 Å². The number of carbonyl (C=O) groups is 2. The Morgan fingerprint density at radius 2 is 1.09 bits per heavy atom. The van der Waals surface area contributed by atoms with Crippen LogP contribution in [0.3, 0.4) is 0 Å². The van der Waals surface area contributed by atoms with E-state index in [9.17, 15) is 9.59 Å². The highest BCUT2D eigenvalue weighted by atomic mass is 16.7. The first kappa shape index (κ1) is 45.2. The van der Waals surface area contributed by atoms with Gasteiger partial charge in [0.1, 0.15) is 6.10 Å². The van der Waals surface area contributed by atoms with Crippen molar-refractivity contribution in [3.05, 3.63) is 24.3 Å². The number of esters is 1. The van der Waals surface area contributed by atoms with Gasteiger partial charge < -0.3 is 19.1 Å². The Labute approximate surface area is 291 Å². The van der Waals surface area contributed by atoms with E-state index in [1.807, 2.05) is 0 Å². The minimum absolute atomic E-state index is 0.146. The maximum absolute atomic E-state index is 12.4. The summed E-state index contributed by atoms with van der Waals surface area (Å²) in [4.78, 5) is 27.1. The molecule has 0 aromatic rings. The number of hydrogen-bond acceptors (Lipinski definition) is 6. The molecule has 0 aromatic carbocycles. The number of ether oxygens (including phenoxy) is 3. The molecule has 0 radical (unpaired) electrons. The molecule has 47 heavy (non-hydrogen) atoms. The van der Waals surface area contributed by atoms with E-state index in [2.05, 4.69) is 56.9 Å². The summed E-state index contributed by atoms with van der Waals surface area (Å²) in [5, 5.41) is 0. The zero-order valence-corrected chi connectivity index (χ0v) is 31.6. The smallest absolute Gasteiger partial charge is 0.466 e. The highest BCUT2D eigenvalue weighted by molar-refractivity contribution is 5.69. The lowest BCUT2D eigenvalue weighted by atomic mass is 10.0. The molecule has 0 saturated carbocycles. The van der Waals surface area contributed by atoms with Crippen molar-refractivity contribution in [2.24, 2.45) is 0 Å². The van der Waals surface area contributed by atoms with Crippen LogP contribution in [0.15, 0.2) is 24.3 Å². The van der Waals surface area contributed by atoms with Gasteiger partial charge in [-0.05, 0) is 70.9 Å². The third-order valence-corrected chi connectivity index (χ3v) is 8.91. The highest BCUT2D eigenvalue weighted by Crippen LogP contribution is 2.16. The molecule has 0 N–H and O–H groups in total. The molecule has 0 rings (SSSR count). The minimum atomic E-state index is -0.599. The Balaban J connectivity index is 4.17. The van der Waals surface area contributed by atoms with E-state index in [4.69, 9.17) is 14.2 Å². The number of carbonyl (C=O) groups excluding carboxylic acids is 2. The fourth-order valence-corrected chi connectivity index (χ4v) is 5.73. The SMILES string of the molecule is CCCCC/C=C\C/C=C\CCCCCCCC(=O)OCCC(CCCCCCCCCCCC)OC(=O)OCCCN(CC)CC. The van der Waals surface area contributed by atoms with E-state index in [1.165, 1.54) is 89.9 Å². The van der Waals surface area contributed by atoms with Gasteiger partial charge in [-0.25, -0.2) is 4.79 Å². The van der Waals surface area contributed by atoms with E-state index < -0.39 is 6.16 Å². The van der Waals surface area contributed by atoms with Crippen LogP contribution >= 0.6 is 0 Å². The van der Waals surface area contributed by atoms with Crippen LogP contribution in [-0.4, -0.2) is 56.0 Å². The summed E-state index contributed by atoms with van der Waals surface area (Å²) >= 11 is 0. The maximum Gasteiger partial charge on any atom is 0.508 e. The molecule has 6 heteroatoms. The van der Waals surface area contributed by atoms with Gasteiger partial charge in [0, 0.05) is 19.4 Å². The molecule has 0 fully saturated rings. The predicted molar refractivity (Wildman–Crippen MR) is 200 cm³/mol. The molecule has 1 unspecified atom stereocenters. The molecule has 6 nitrogen and oxygen atoms in total. The Morgan fingerprint density at radius 1 is 0.553 bits per heavy atom. The topological polar surface area (TPSA) is 65.1 Å². The number of unbranched alkanes of at least 4 members (excludes halogenated alkanes) is 17. The van der Waals surface area contributed by atoms with Crippen molar-refractivity contribution in [2.75, 3.05) is 32.8 Å². The van der Waals surface area contributed by atoms with Gasteiger partial charge in [0.05, 0.1) is 13.2 Å². The Bertz CT molecular complexity index is 733. The molecule has 0 aromatic heterocycles. The number of allylic oxidation sites excluding steroid dienone is 4. The fourth-order valence-electron chi connectivity index (χ4n) is 5.73. The van der Waals surface area contributed by atoms with Crippen molar-refractivity contribution in [1.29, 1.82) is 0 Å². The van der Waals surface area contributed by atoms with E-state index >= 15 is 0 Å². The molecule has 0 aliphatic carbocycles. The predicted octanol–water partition coefficient (Wildman–Crippen LogP) is 12.3. The van der Waals surface area contributed by atoms with Crippen LogP contribution in [0, 0.1) is 0 Å². The van der Waals surface area contributed by atoms with Crippen LogP contribution in [0.2, 0.25) is 0 Å². The summed E-state index contributed by atoms with van der Waals surface area (Å²) in [6.45, 7) is 12.3. The van der Waals surface area contributed by atoms with Gasteiger partial charge >= 0.3 is 12.1 Å². The van der Waals surface area contributed by atoms with Crippen molar-refractivity contribution in [3.63, 3.8) is 0 Å². The molecular weight excluding hydrogens is 586 g/mol. The third kappa shape index (κ3) is 33.9. The average molecular weight is 664 g/mol. The molecule has 0 heterocycles. The lowest BCUT2D eigenvalue weighted by Crippen LogP contribution is -2.26. The third-order valence-electron chi connectivity index (χ3n) is 8.91. The standard InChI is InChI=1S/C41H77NO5/c1-5-9-11-13-15-17-19-20-21-22-23-25-27-29-31-34-40(43)45-38-35-39(33-30-28-26-24-18-16-14-12-10-6-2)47-41(44)46-37-32-36-42(7-3)8-4/h15,17,20-21,39H,5-14,16,18-19,22-38H2,1-4H3/b17-15-,21-20-. The summed E-state index contributed by atoms with van der Waals surface area (Å²) in [6.07, 6.45) is 36.3. The largest absolute Gasteiger partial charge is 0.508 e. The van der Waals surface area contributed by atoms with Crippen LogP contribution in [0.25, 0.3) is 0 Å². The number of nitrogens with zero attached hydrogens (tertiary/aromatic N) is 1. The molecule has 276 valence electrons. The first-order chi connectivity index (χ1) is 23.1. The molecule has 0 aliphatic heterocycles. The molecule has 0 spiro atoms. The van der Waals surface area contributed by atoms with Crippen molar-refractivity contribution < 1.29 is 23.8 Å². The van der Waals surface area contributed by atoms with Gasteiger partial charge in [0.25, 0.3) is 0 Å². The van der Waals surface area contributed by atoms with Crippen molar-refractivity contribution >= 4 is 12.1 Å². The second-order valence-corrected chi connectivity index (χ2v) is 13.2. The first-order valence-corrected chi connectivity index (χ1v) is 20.1. The quantitative estimate of drug-likeness (QED) is 0.0382. The Hall–Kier alpha value is -1.82. The van der Waals surface area contributed by atoms with Crippen molar-refractivity contribution in [2.45, 2.75) is 194 Å². The lowest BCUT2D eigenvalue weighted by molar-refractivity contribution is -0.144. The number of hydrogen-bond donors (Lipinski definition) is 0. The summed E-state index contributed by atoms with van der Waals surface area (Å²) < 4.78 is 16.6. The highest BCUT2D eigenvalue weighted by Gasteiger charge is 2.17. The first-order valence-electron chi connectivity index (χ1n) is 20.1. The number of rotatable bonds is 35. The molecular formula is C41H77NO5. The van der Waals surface area contributed by atoms with Crippen LogP contribution in [0.1, 0.15) is 188 Å². The van der Waals surface area contributed by atoms with E-state index in [0.717, 1.165) is 77.4 Å². The van der Waals surface area contributed by atoms with Gasteiger partial charge in [-0.3, -0.25) is 4.79 Å². The van der Waals surface area contributed by atoms with Crippen molar-refractivity contribution in [3.8, 4) is 0 Å². The zero-order chi connectivity index (χ0) is 34.5. The summed E-state index contributed by atoms with van der Waals surface area (Å²) in [5.74, 6) is -0.146. The second kappa shape index (κ2) is 37.0. The molecule has 0 aliphatic rings. The lowest BCUT2D eigenvalue weighted by Gasteiger charge is -2.19. The summed E-state index contributed by atoms with van der Waals surface area (Å²) in [7, 11) is 0. The maximum atomic E-state index is 12.4. The van der Waals surface area contributed by atoms with Crippen LogP contribution in [0.5, 0.6) is 0 Å². The summed E-state index contributed by atoms with van der Waals surface area (Å²) in [5.41, 5.74) is 0. The zero-order valence-electron chi connectivity index (χ0n) is 31.6. The average Bonchev–Trinajstić information content (AvgIpc) is 3.07. The minimum Gasteiger partial charge on any atom is -0.466 e. The normalized spacial score (nSPS) is 12.4. The Kier molecular flexibility index (Phi) is 35.6. The van der Waals surface area contributed by atoms with E-state index in [0.29, 0.717) is 19.4 Å². The monoisotopic (exact) mass is 664 g/mol. The van der Waals surface area contributed by atoms with Gasteiger partial charge in [-0.15, -0.1) is 0 Å². The van der Waals surface area contributed by atoms with Gasteiger partial charge in [0.15, 0.2) is 0 Å².